The van der Waals surface area contributed by atoms with Crippen LogP contribution in [-0.4, -0.2) is 25.1 Å². The van der Waals surface area contributed by atoms with E-state index in [1.54, 1.807) is 7.11 Å². The number of rotatable bonds is 6. The first-order valence-electron chi connectivity index (χ1n) is 10.5. The van der Waals surface area contributed by atoms with Crippen LogP contribution in [0.2, 0.25) is 0 Å². The summed E-state index contributed by atoms with van der Waals surface area (Å²) in [5.41, 5.74) is 3.13. The fraction of sp³-hybridized carbons (Fsp3) is 0.600. The number of allylic oxidation sites excluding steroid dienone is 1. The molecule has 0 bridgehead atoms. The van der Waals surface area contributed by atoms with Gasteiger partial charge in [-0.05, 0) is 56.1 Å². The Balaban J connectivity index is 2.74. The number of benzene rings is 1. The van der Waals surface area contributed by atoms with Crippen molar-refractivity contribution in [3.8, 4) is 5.75 Å². The van der Waals surface area contributed by atoms with Crippen LogP contribution in [-0.2, 0) is 0 Å². The molecule has 1 saturated carbocycles. The van der Waals surface area contributed by atoms with Crippen LogP contribution in [0.1, 0.15) is 67.2 Å². The van der Waals surface area contributed by atoms with Crippen molar-refractivity contribution in [2.24, 2.45) is 11.3 Å². The minimum atomic E-state index is 0.403. The summed E-state index contributed by atoms with van der Waals surface area (Å²) in [5, 5.41) is 2.50. The predicted octanol–water partition coefficient (Wildman–Crippen LogP) is 5.11. The molecule has 1 fully saturated rings. The highest BCUT2D eigenvalue weighted by Gasteiger charge is 2.40. The molecule has 0 heterocycles. The fourth-order valence-corrected chi connectivity index (χ4v) is 4.29. The van der Waals surface area contributed by atoms with E-state index in [-0.39, 0.29) is 0 Å². The largest absolute Gasteiger partial charge is 0.496 e. The van der Waals surface area contributed by atoms with E-state index in [2.05, 4.69) is 83.8 Å². The van der Waals surface area contributed by atoms with Crippen molar-refractivity contribution in [3.05, 3.63) is 40.3 Å². The molecule has 2 atom stereocenters. The molecular formula is C25H39NO. The van der Waals surface area contributed by atoms with E-state index in [1.807, 2.05) is 0 Å². The Morgan fingerprint density at radius 3 is 2.52 bits per heavy atom. The van der Waals surface area contributed by atoms with Crippen molar-refractivity contribution in [3.63, 3.8) is 0 Å². The van der Waals surface area contributed by atoms with Gasteiger partial charge in [-0.15, -0.1) is 0 Å². The summed E-state index contributed by atoms with van der Waals surface area (Å²) in [7, 11) is 4.05. The van der Waals surface area contributed by atoms with Gasteiger partial charge in [-0.1, -0.05) is 58.4 Å². The van der Waals surface area contributed by atoms with Crippen molar-refractivity contribution in [2.45, 2.75) is 73.3 Å². The van der Waals surface area contributed by atoms with Crippen LogP contribution in [0.5, 0.6) is 5.75 Å². The maximum atomic E-state index is 5.70. The minimum Gasteiger partial charge on any atom is -0.496 e. The Morgan fingerprint density at radius 2 is 2.00 bits per heavy atom. The third-order valence-corrected chi connectivity index (χ3v) is 6.68. The smallest absolute Gasteiger partial charge is 0.126 e. The van der Waals surface area contributed by atoms with Crippen molar-refractivity contribution < 1.29 is 4.74 Å². The molecule has 0 N–H and O–H groups in total. The summed E-state index contributed by atoms with van der Waals surface area (Å²) in [4.78, 5) is 2.54. The van der Waals surface area contributed by atoms with Gasteiger partial charge >= 0.3 is 0 Å². The maximum absolute atomic E-state index is 5.70. The molecule has 1 aromatic rings. The van der Waals surface area contributed by atoms with E-state index in [1.165, 1.54) is 34.5 Å². The molecule has 2 nitrogen and oxygen atoms in total. The Bertz CT molecular complexity index is 787. The molecule has 150 valence electrons. The summed E-state index contributed by atoms with van der Waals surface area (Å²) in [6.45, 7) is 13.9. The second-order valence-electron chi connectivity index (χ2n) is 8.76. The average Bonchev–Trinajstić information content (AvgIpc) is 2.92. The SMILES string of the molecule is CC\C=c1/c(OC)ccc/c1=C(\C=C(/C)CC)N(C)C1CCC(C)(C)C1C. The first-order valence-corrected chi connectivity index (χ1v) is 10.5. The lowest BCUT2D eigenvalue weighted by atomic mass is 9.82. The van der Waals surface area contributed by atoms with Crippen LogP contribution in [0.3, 0.4) is 0 Å². The van der Waals surface area contributed by atoms with Gasteiger partial charge in [0.1, 0.15) is 5.75 Å². The van der Waals surface area contributed by atoms with Gasteiger partial charge in [-0.3, -0.25) is 0 Å². The lowest BCUT2D eigenvalue weighted by molar-refractivity contribution is 0.205. The van der Waals surface area contributed by atoms with E-state index in [9.17, 15) is 0 Å². The van der Waals surface area contributed by atoms with Crippen LogP contribution in [0.15, 0.2) is 29.8 Å². The molecule has 1 aromatic carbocycles. The highest BCUT2D eigenvalue weighted by atomic mass is 16.5. The first kappa shape index (κ1) is 21.6. The Kier molecular flexibility index (Phi) is 7.19. The van der Waals surface area contributed by atoms with E-state index in [0.717, 1.165) is 18.6 Å². The van der Waals surface area contributed by atoms with Crippen LogP contribution in [0, 0.1) is 11.3 Å². The zero-order chi connectivity index (χ0) is 20.2. The number of ether oxygens (including phenoxy) is 1. The Hall–Kier alpha value is -1.70. The zero-order valence-corrected chi connectivity index (χ0v) is 18.7. The van der Waals surface area contributed by atoms with Crippen molar-refractivity contribution >= 4 is 11.8 Å². The molecule has 0 radical (unpaired) electrons. The number of likely N-dealkylation sites (N-methyl/N-ethyl adjacent to an activating group) is 1. The van der Waals surface area contributed by atoms with Gasteiger partial charge in [-0.25, -0.2) is 0 Å². The molecular weight excluding hydrogens is 330 g/mol. The van der Waals surface area contributed by atoms with Gasteiger partial charge in [0.2, 0.25) is 0 Å². The van der Waals surface area contributed by atoms with Gasteiger partial charge in [0, 0.05) is 29.2 Å². The quantitative estimate of drug-likeness (QED) is 0.691. The fourth-order valence-electron chi connectivity index (χ4n) is 4.29. The topological polar surface area (TPSA) is 12.5 Å². The standard InChI is InChI=1S/C25H39NO/c1-9-12-21-20(13-11-14-24(21)27-8)23(17-18(3)10-2)26(7)22-15-16-25(5,6)19(22)4/h11-14,17,19,22H,9-10,15-16H2,1-8H3/b18-17+,21-12-,23-20-. The number of hydrogen-bond donors (Lipinski definition) is 0. The third-order valence-electron chi connectivity index (χ3n) is 6.68. The summed E-state index contributed by atoms with van der Waals surface area (Å²) >= 11 is 0. The molecule has 2 unspecified atom stereocenters. The summed E-state index contributed by atoms with van der Waals surface area (Å²) in [6.07, 6.45) is 9.29. The number of nitrogens with zero attached hydrogens (tertiary/aromatic N) is 1. The Labute approximate surface area is 166 Å². The normalized spacial score (nSPS) is 24.1. The third kappa shape index (κ3) is 4.59. The van der Waals surface area contributed by atoms with Crippen LogP contribution >= 0.6 is 0 Å². The first-order chi connectivity index (χ1) is 12.8. The summed E-state index contributed by atoms with van der Waals surface area (Å²) in [6, 6.07) is 7.00. The van der Waals surface area contributed by atoms with Gasteiger partial charge in [-0.2, -0.15) is 0 Å². The van der Waals surface area contributed by atoms with Crippen LogP contribution in [0.25, 0.3) is 11.8 Å². The van der Waals surface area contributed by atoms with Gasteiger partial charge in [0.15, 0.2) is 0 Å². The van der Waals surface area contributed by atoms with Gasteiger partial charge in [0.05, 0.1) is 7.11 Å². The van der Waals surface area contributed by atoms with Gasteiger partial charge in [0.25, 0.3) is 0 Å². The zero-order valence-electron chi connectivity index (χ0n) is 18.7. The second kappa shape index (κ2) is 8.99. The molecule has 27 heavy (non-hydrogen) atoms. The molecule has 1 aliphatic rings. The highest BCUT2D eigenvalue weighted by molar-refractivity contribution is 5.58. The number of methoxy groups -OCH3 is 1. The van der Waals surface area contributed by atoms with E-state index >= 15 is 0 Å². The van der Waals surface area contributed by atoms with E-state index in [0.29, 0.717) is 17.4 Å². The van der Waals surface area contributed by atoms with Crippen molar-refractivity contribution in [1.29, 1.82) is 0 Å². The van der Waals surface area contributed by atoms with Gasteiger partial charge < -0.3 is 9.64 Å². The monoisotopic (exact) mass is 369 g/mol. The highest BCUT2D eigenvalue weighted by Crippen LogP contribution is 2.45. The minimum absolute atomic E-state index is 0.403. The molecule has 0 saturated heterocycles. The van der Waals surface area contributed by atoms with Crippen molar-refractivity contribution in [2.75, 3.05) is 14.2 Å². The lowest BCUT2D eigenvalue weighted by Crippen LogP contribution is -2.40. The average molecular weight is 370 g/mol. The molecule has 2 rings (SSSR count). The number of hydrogen-bond acceptors (Lipinski definition) is 2. The van der Waals surface area contributed by atoms with E-state index < -0.39 is 0 Å². The molecule has 0 amide bonds. The predicted molar refractivity (Wildman–Crippen MR) is 118 cm³/mol. The molecule has 1 aliphatic carbocycles. The second-order valence-corrected chi connectivity index (χ2v) is 8.76. The summed E-state index contributed by atoms with van der Waals surface area (Å²) in [5.74, 6) is 1.62. The molecule has 0 spiro atoms. The Morgan fingerprint density at radius 1 is 1.30 bits per heavy atom. The van der Waals surface area contributed by atoms with Crippen molar-refractivity contribution in [1.82, 2.24) is 4.90 Å². The molecule has 0 aromatic heterocycles. The maximum Gasteiger partial charge on any atom is 0.126 e. The van der Waals surface area contributed by atoms with Crippen LogP contribution in [0.4, 0.5) is 0 Å². The molecule has 2 heteroatoms. The summed E-state index contributed by atoms with van der Waals surface area (Å²) < 4.78 is 5.70. The molecule has 0 aliphatic heterocycles. The lowest BCUT2D eigenvalue weighted by Gasteiger charge is -2.35. The van der Waals surface area contributed by atoms with Crippen LogP contribution < -0.4 is 15.2 Å². The van der Waals surface area contributed by atoms with E-state index in [4.69, 9.17) is 4.74 Å².